The van der Waals surface area contributed by atoms with Crippen molar-refractivity contribution in [2.75, 3.05) is 26.3 Å². The zero-order chi connectivity index (χ0) is 16.6. The van der Waals surface area contributed by atoms with Gasteiger partial charge in [-0.1, -0.05) is 18.2 Å². The molecule has 24 heavy (non-hydrogen) atoms. The fraction of sp³-hybridized carbons (Fsp3) is 0.444. The second-order valence-electron chi connectivity index (χ2n) is 6.72. The monoisotopic (exact) mass is 327 g/mol. The highest BCUT2D eigenvalue weighted by atomic mass is 16.5. The predicted octanol–water partition coefficient (Wildman–Crippen LogP) is 1.80. The maximum absolute atomic E-state index is 11.9. The second kappa shape index (κ2) is 6.03. The molecule has 2 aliphatic rings. The zero-order valence-electron chi connectivity index (χ0n) is 13.5. The number of benzene rings is 1. The molecule has 0 spiro atoms. The molecule has 0 aliphatic carbocycles. The van der Waals surface area contributed by atoms with Gasteiger partial charge in [0.05, 0.1) is 23.4 Å². The summed E-state index contributed by atoms with van der Waals surface area (Å²) in [5.74, 6) is -0.619. The summed E-state index contributed by atoms with van der Waals surface area (Å²) in [6, 6.07) is 12.0. The molecule has 2 aromatic rings. The summed E-state index contributed by atoms with van der Waals surface area (Å²) in [7, 11) is 0. The van der Waals surface area contributed by atoms with Crippen LogP contribution in [0.15, 0.2) is 42.6 Å². The smallest absolute Gasteiger partial charge is 0.311 e. The molecule has 1 aromatic heterocycles. The molecule has 2 saturated heterocycles. The predicted molar refractivity (Wildman–Crippen MR) is 87.8 cm³/mol. The Balaban J connectivity index is 1.55. The van der Waals surface area contributed by atoms with Gasteiger partial charge < -0.3 is 9.84 Å². The van der Waals surface area contributed by atoms with Gasteiger partial charge in [-0.15, -0.1) is 0 Å². The Hall–Kier alpha value is -2.18. The van der Waals surface area contributed by atoms with Crippen molar-refractivity contribution in [3.8, 4) is 5.69 Å². The van der Waals surface area contributed by atoms with Crippen LogP contribution in [0, 0.1) is 11.3 Å². The Bertz CT molecular complexity index is 730. The van der Waals surface area contributed by atoms with Crippen molar-refractivity contribution < 1.29 is 14.6 Å². The van der Waals surface area contributed by atoms with Crippen LogP contribution in [0.5, 0.6) is 0 Å². The molecule has 0 amide bonds. The van der Waals surface area contributed by atoms with Crippen molar-refractivity contribution in [2.24, 2.45) is 11.3 Å². The summed E-state index contributed by atoms with van der Waals surface area (Å²) in [6.45, 7) is 3.11. The van der Waals surface area contributed by atoms with E-state index in [1.807, 2.05) is 41.1 Å². The van der Waals surface area contributed by atoms with Crippen molar-refractivity contribution >= 4 is 5.97 Å². The van der Waals surface area contributed by atoms with E-state index in [9.17, 15) is 9.90 Å². The lowest BCUT2D eigenvalue weighted by molar-refractivity contribution is -0.157. The maximum Gasteiger partial charge on any atom is 0.311 e. The van der Waals surface area contributed by atoms with Crippen molar-refractivity contribution in [2.45, 2.75) is 13.0 Å². The molecule has 2 fully saturated rings. The van der Waals surface area contributed by atoms with E-state index in [1.54, 1.807) is 6.20 Å². The quantitative estimate of drug-likeness (QED) is 0.927. The Morgan fingerprint density at radius 2 is 2.17 bits per heavy atom. The van der Waals surface area contributed by atoms with Gasteiger partial charge >= 0.3 is 5.97 Å². The SMILES string of the molecule is O=C(O)[C@]12CCOC[C@H]1CN(Cc1ccnn1-c1ccccc1)C2. The number of nitrogens with zero attached hydrogens (tertiary/aromatic N) is 3. The van der Waals surface area contributed by atoms with Crippen LogP contribution in [-0.4, -0.2) is 52.1 Å². The molecule has 1 aromatic carbocycles. The molecule has 0 radical (unpaired) electrons. The van der Waals surface area contributed by atoms with Gasteiger partial charge in [0.1, 0.15) is 0 Å². The number of aromatic nitrogens is 2. The fourth-order valence-electron chi connectivity index (χ4n) is 4.01. The first kappa shape index (κ1) is 15.4. The molecule has 3 heterocycles. The average Bonchev–Trinajstić information content (AvgIpc) is 3.20. The minimum absolute atomic E-state index is 0.0665. The Labute approximate surface area is 140 Å². The summed E-state index contributed by atoms with van der Waals surface area (Å²) in [4.78, 5) is 14.1. The van der Waals surface area contributed by atoms with E-state index in [4.69, 9.17) is 4.74 Å². The maximum atomic E-state index is 11.9. The van der Waals surface area contributed by atoms with Gasteiger partial charge in [0, 0.05) is 38.4 Å². The van der Waals surface area contributed by atoms with Gasteiger partial charge in [-0.3, -0.25) is 9.69 Å². The van der Waals surface area contributed by atoms with Gasteiger partial charge in [-0.2, -0.15) is 5.10 Å². The number of likely N-dealkylation sites (tertiary alicyclic amines) is 1. The molecule has 126 valence electrons. The normalized spacial score (nSPS) is 27.1. The lowest BCUT2D eigenvalue weighted by atomic mass is 9.74. The third-order valence-electron chi connectivity index (χ3n) is 5.31. The molecule has 2 aliphatic heterocycles. The molecule has 2 atom stereocenters. The third-order valence-corrected chi connectivity index (χ3v) is 5.31. The zero-order valence-corrected chi connectivity index (χ0v) is 13.5. The molecule has 0 unspecified atom stereocenters. The van der Waals surface area contributed by atoms with Crippen LogP contribution < -0.4 is 0 Å². The molecular formula is C18H21N3O3. The van der Waals surface area contributed by atoms with Gasteiger partial charge in [0.2, 0.25) is 0 Å². The van der Waals surface area contributed by atoms with Crippen LogP contribution in [0.2, 0.25) is 0 Å². The van der Waals surface area contributed by atoms with E-state index < -0.39 is 11.4 Å². The van der Waals surface area contributed by atoms with E-state index in [1.165, 1.54) is 0 Å². The molecule has 0 saturated carbocycles. The fourth-order valence-corrected chi connectivity index (χ4v) is 4.01. The van der Waals surface area contributed by atoms with Crippen LogP contribution in [0.3, 0.4) is 0 Å². The van der Waals surface area contributed by atoms with E-state index >= 15 is 0 Å². The molecule has 0 bridgehead atoms. The summed E-state index contributed by atoms with van der Waals surface area (Å²) < 4.78 is 7.45. The first-order valence-corrected chi connectivity index (χ1v) is 8.31. The standard InChI is InChI=1S/C18H21N3O3/c22-17(23)18-7-9-24-12-14(18)10-20(13-18)11-16-6-8-19-21(16)15-4-2-1-3-5-15/h1-6,8,14H,7,9-13H2,(H,22,23)/t14-,18+/m1/s1. The van der Waals surface area contributed by atoms with Crippen LogP contribution in [0.25, 0.3) is 5.69 Å². The third kappa shape index (κ3) is 2.52. The number of hydrogen-bond acceptors (Lipinski definition) is 4. The van der Waals surface area contributed by atoms with E-state index in [-0.39, 0.29) is 5.92 Å². The minimum atomic E-state index is -0.685. The second-order valence-corrected chi connectivity index (χ2v) is 6.72. The molecule has 6 heteroatoms. The van der Waals surface area contributed by atoms with Gasteiger partial charge in [-0.05, 0) is 24.6 Å². The number of carboxylic acids is 1. The minimum Gasteiger partial charge on any atom is -0.481 e. The number of para-hydroxylation sites is 1. The first-order chi connectivity index (χ1) is 11.7. The van der Waals surface area contributed by atoms with E-state index in [0.717, 1.165) is 17.9 Å². The van der Waals surface area contributed by atoms with Gasteiger partial charge in [0.15, 0.2) is 0 Å². The van der Waals surface area contributed by atoms with E-state index in [2.05, 4.69) is 10.00 Å². The Morgan fingerprint density at radius 1 is 1.33 bits per heavy atom. The number of carbonyl (C=O) groups is 1. The van der Waals surface area contributed by atoms with Gasteiger partial charge in [0.25, 0.3) is 0 Å². The van der Waals surface area contributed by atoms with Crippen molar-refractivity contribution in [1.82, 2.24) is 14.7 Å². The topological polar surface area (TPSA) is 67.6 Å². The Morgan fingerprint density at radius 3 is 2.92 bits per heavy atom. The number of fused-ring (bicyclic) bond motifs is 1. The highest BCUT2D eigenvalue weighted by Gasteiger charge is 2.53. The molecule has 6 nitrogen and oxygen atoms in total. The highest BCUT2D eigenvalue weighted by molar-refractivity contribution is 5.76. The number of ether oxygens (including phenoxy) is 1. The number of rotatable bonds is 4. The van der Waals surface area contributed by atoms with Gasteiger partial charge in [-0.25, -0.2) is 4.68 Å². The van der Waals surface area contributed by atoms with Crippen LogP contribution >= 0.6 is 0 Å². The molecule has 4 rings (SSSR count). The number of carboxylic acid groups (broad SMARTS) is 1. The van der Waals surface area contributed by atoms with Crippen molar-refractivity contribution in [1.29, 1.82) is 0 Å². The number of aliphatic carboxylic acids is 1. The summed E-state index contributed by atoms with van der Waals surface area (Å²) in [5, 5.41) is 14.2. The van der Waals surface area contributed by atoms with E-state index in [0.29, 0.717) is 32.7 Å². The van der Waals surface area contributed by atoms with Crippen LogP contribution in [-0.2, 0) is 16.1 Å². The summed E-state index contributed by atoms with van der Waals surface area (Å²) in [6.07, 6.45) is 2.39. The lowest BCUT2D eigenvalue weighted by Crippen LogP contribution is -2.44. The van der Waals surface area contributed by atoms with Crippen molar-refractivity contribution in [3.05, 3.63) is 48.3 Å². The molecule has 1 N–H and O–H groups in total. The van der Waals surface area contributed by atoms with Crippen molar-refractivity contribution in [3.63, 3.8) is 0 Å². The average molecular weight is 327 g/mol. The summed E-state index contributed by atoms with van der Waals surface area (Å²) in [5.41, 5.74) is 1.43. The highest BCUT2D eigenvalue weighted by Crippen LogP contribution is 2.42. The van der Waals surface area contributed by atoms with Crippen LogP contribution in [0.1, 0.15) is 12.1 Å². The first-order valence-electron chi connectivity index (χ1n) is 8.31. The summed E-state index contributed by atoms with van der Waals surface area (Å²) >= 11 is 0. The largest absolute Gasteiger partial charge is 0.481 e. The van der Waals surface area contributed by atoms with Crippen LogP contribution in [0.4, 0.5) is 0 Å². The number of hydrogen-bond donors (Lipinski definition) is 1. The molecular weight excluding hydrogens is 306 g/mol. The Kier molecular flexibility index (Phi) is 3.86. The lowest BCUT2D eigenvalue weighted by Gasteiger charge is -2.34.